The number of carbonyl (C=O) groups is 3. The van der Waals surface area contributed by atoms with Gasteiger partial charge in [0.05, 0.1) is 24.5 Å². The van der Waals surface area contributed by atoms with Crippen LogP contribution in [-0.4, -0.2) is 59.6 Å². The molecule has 3 unspecified atom stereocenters. The van der Waals surface area contributed by atoms with Crippen LogP contribution in [0.5, 0.6) is 5.75 Å². The number of likely N-dealkylation sites (tertiary alicyclic amines) is 1. The Balaban J connectivity index is 1.38. The van der Waals surface area contributed by atoms with E-state index < -0.39 is 29.6 Å². The first-order valence-corrected chi connectivity index (χ1v) is 13.0. The van der Waals surface area contributed by atoms with Crippen LogP contribution in [0.15, 0.2) is 36.4 Å². The number of hydrogen-bond donors (Lipinski definition) is 2. The Morgan fingerprint density at radius 3 is 2.54 bits per heavy atom. The van der Waals surface area contributed by atoms with Crippen molar-refractivity contribution in [3.63, 3.8) is 0 Å². The molecule has 0 radical (unpaired) electrons. The Hall–Kier alpha value is -2.87. The van der Waals surface area contributed by atoms with E-state index in [0.717, 1.165) is 37.9 Å². The summed E-state index contributed by atoms with van der Waals surface area (Å²) in [6.45, 7) is 4.92. The normalized spacial score (nSPS) is 31.5. The number of hydrogen-bond acceptors (Lipinski definition) is 5. The van der Waals surface area contributed by atoms with Crippen LogP contribution in [0.3, 0.4) is 0 Å². The first-order chi connectivity index (χ1) is 17.0. The van der Waals surface area contributed by atoms with Gasteiger partial charge in [0.25, 0.3) is 0 Å². The number of fused-ring (bicyclic) bond motifs is 1. The van der Waals surface area contributed by atoms with Crippen molar-refractivity contribution < 1.29 is 23.9 Å². The molecular formula is C27H35N3O5. The molecule has 8 heteroatoms. The highest BCUT2D eigenvalue weighted by Crippen LogP contribution is 2.55. The second kappa shape index (κ2) is 9.64. The molecule has 1 spiro atoms. The van der Waals surface area contributed by atoms with Gasteiger partial charge in [-0.2, -0.15) is 0 Å². The summed E-state index contributed by atoms with van der Waals surface area (Å²) < 4.78 is 11.8. The summed E-state index contributed by atoms with van der Waals surface area (Å²) in [6.07, 6.45) is 9.23. The summed E-state index contributed by atoms with van der Waals surface area (Å²) in [5, 5.41) is 6.15. The van der Waals surface area contributed by atoms with Gasteiger partial charge in [-0.3, -0.25) is 14.4 Å². The predicted octanol–water partition coefficient (Wildman–Crippen LogP) is 3.03. The zero-order valence-corrected chi connectivity index (χ0v) is 20.5. The summed E-state index contributed by atoms with van der Waals surface area (Å²) in [5.41, 5.74) is -0.474. The minimum absolute atomic E-state index is 0.131. The van der Waals surface area contributed by atoms with Gasteiger partial charge in [0, 0.05) is 18.3 Å². The fourth-order valence-corrected chi connectivity index (χ4v) is 6.30. The van der Waals surface area contributed by atoms with Crippen LogP contribution in [0.4, 0.5) is 5.69 Å². The van der Waals surface area contributed by atoms with Crippen LogP contribution in [-0.2, 0) is 19.1 Å². The highest BCUT2D eigenvalue weighted by Gasteiger charge is 2.72. The fourth-order valence-electron chi connectivity index (χ4n) is 6.30. The van der Waals surface area contributed by atoms with Gasteiger partial charge in [-0.15, -0.1) is 0 Å². The monoisotopic (exact) mass is 481 g/mol. The van der Waals surface area contributed by atoms with Crippen molar-refractivity contribution >= 4 is 23.4 Å². The standard InChI is InChI=1S/C27H35N3O5/c1-3-16-30-23(25(32)29-17-8-6-5-7-9-17)27-15-14-20(35-27)21(22(27)26(30)33)24(31)28-18-10-12-19(13-11-18)34-4-2/h10-15,17,20-23H,3-9,16H2,1-2H3,(H,28,31)(H,29,32)/t20-,21?,22-,23?,27?/m0/s1. The minimum atomic E-state index is -1.10. The van der Waals surface area contributed by atoms with Crippen LogP contribution in [0.25, 0.3) is 0 Å². The molecule has 0 aromatic heterocycles. The van der Waals surface area contributed by atoms with E-state index in [1.165, 1.54) is 6.42 Å². The predicted molar refractivity (Wildman–Crippen MR) is 131 cm³/mol. The second-order valence-electron chi connectivity index (χ2n) is 10.0. The molecule has 3 amide bonds. The van der Waals surface area contributed by atoms with Gasteiger partial charge in [-0.1, -0.05) is 38.3 Å². The van der Waals surface area contributed by atoms with Crippen LogP contribution in [0.1, 0.15) is 52.4 Å². The topological polar surface area (TPSA) is 97.0 Å². The third kappa shape index (κ3) is 4.11. The summed E-state index contributed by atoms with van der Waals surface area (Å²) in [4.78, 5) is 42.4. The Morgan fingerprint density at radius 2 is 1.86 bits per heavy atom. The second-order valence-corrected chi connectivity index (χ2v) is 10.0. The van der Waals surface area contributed by atoms with Crippen molar-refractivity contribution in [2.75, 3.05) is 18.5 Å². The number of benzene rings is 1. The van der Waals surface area contributed by atoms with Crippen molar-refractivity contribution in [3.05, 3.63) is 36.4 Å². The average molecular weight is 482 g/mol. The molecule has 5 atom stereocenters. The lowest BCUT2D eigenvalue weighted by Crippen LogP contribution is -2.56. The van der Waals surface area contributed by atoms with Crippen LogP contribution >= 0.6 is 0 Å². The third-order valence-electron chi connectivity index (χ3n) is 7.77. The molecule has 1 aromatic carbocycles. The number of amides is 3. The van der Waals surface area contributed by atoms with Gasteiger partial charge in [-0.05, 0) is 50.5 Å². The first kappa shape index (κ1) is 23.9. The van der Waals surface area contributed by atoms with Gasteiger partial charge < -0.3 is 25.0 Å². The van der Waals surface area contributed by atoms with Crippen molar-refractivity contribution in [1.82, 2.24) is 10.2 Å². The smallest absolute Gasteiger partial charge is 0.246 e. The number of ether oxygens (including phenoxy) is 2. The van der Waals surface area contributed by atoms with E-state index in [0.29, 0.717) is 18.8 Å². The summed E-state index contributed by atoms with van der Waals surface area (Å²) in [7, 11) is 0. The largest absolute Gasteiger partial charge is 0.494 e. The highest BCUT2D eigenvalue weighted by molar-refractivity contribution is 6.02. The molecule has 1 saturated carbocycles. The van der Waals surface area contributed by atoms with Crippen molar-refractivity contribution in [2.45, 2.75) is 76.2 Å². The Morgan fingerprint density at radius 1 is 1.11 bits per heavy atom. The Labute approximate surface area is 206 Å². The van der Waals surface area contributed by atoms with E-state index in [1.54, 1.807) is 29.2 Å². The van der Waals surface area contributed by atoms with E-state index in [9.17, 15) is 14.4 Å². The number of rotatable bonds is 8. The molecule has 8 nitrogen and oxygen atoms in total. The van der Waals surface area contributed by atoms with Gasteiger partial charge >= 0.3 is 0 Å². The molecule has 2 bridgehead atoms. The van der Waals surface area contributed by atoms with E-state index in [2.05, 4.69) is 10.6 Å². The number of nitrogens with one attached hydrogen (secondary N) is 2. The molecule has 188 valence electrons. The number of anilines is 1. The van der Waals surface area contributed by atoms with Crippen molar-refractivity contribution in [3.8, 4) is 5.75 Å². The molecule has 3 fully saturated rings. The maximum Gasteiger partial charge on any atom is 0.246 e. The Bertz CT molecular complexity index is 1000. The minimum Gasteiger partial charge on any atom is -0.494 e. The van der Waals surface area contributed by atoms with Crippen LogP contribution in [0, 0.1) is 11.8 Å². The quantitative estimate of drug-likeness (QED) is 0.557. The molecule has 35 heavy (non-hydrogen) atoms. The van der Waals surface area contributed by atoms with Gasteiger partial charge in [0.2, 0.25) is 17.7 Å². The van der Waals surface area contributed by atoms with E-state index >= 15 is 0 Å². The SMILES string of the molecule is CCCN1C(=O)[C@@H]2C(C(=O)Nc3ccc(OCC)cc3)[C@@H]3C=CC2(O3)C1C(=O)NC1CCCCC1. The van der Waals surface area contributed by atoms with Gasteiger partial charge in [0.15, 0.2) is 0 Å². The zero-order chi connectivity index (χ0) is 24.6. The van der Waals surface area contributed by atoms with Crippen molar-refractivity contribution in [1.29, 1.82) is 0 Å². The third-order valence-corrected chi connectivity index (χ3v) is 7.77. The highest BCUT2D eigenvalue weighted by atomic mass is 16.5. The number of nitrogens with zero attached hydrogens (tertiary/aromatic N) is 1. The lowest BCUT2D eigenvalue weighted by atomic mass is 9.74. The fraction of sp³-hybridized carbons (Fsp3) is 0.593. The molecule has 3 heterocycles. The maximum atomic E-state index is 13.7. The molecule has 2 saturated heterocycles. The van der Waals surface area contributed by atoms with Crippen LogP contribution < -0.4 is 15.4 Å². The lowest BCUT2D eigenvalue weighted by molar-refractivity contribution is -0.141. The van der Waals surface area contributed by atoms with Crippen LogP contribution in [0.2, 0.25) is 0 Å². The Kier molecular flexibility index (Phi) is 6.57. The summed E-state index contributed by atoms with van der Waals surface area (Å²) >= 11 is 0. The van der Waals surface area contributed by atoms with E-state index in [1.807, 2.05) is 26.0 Å². The lowest BCUT2D eigenvalue weighted by Gasteiger charge is -2.34. The first-order valence-electron chi connectivity index (χ1n) is 13.0. The molecule has 4 aliphatic rings. The summed E-state index contributed by atoms with van der Waals surface area (Å²) in [6, 6.07) is 6.53. The summed E-state index contributed by atoms with van der Waals surface area (Å²) in [5.74, 6) is -1.29. The molecule has 3 aliphatic heterocycles. The van der Waals surface area contributed by atoms with Gasteiger partial charge in [-0.25, -0.2) is 0 Å². The van der Waals surface area contributed by atoms with E-state index in [4.69, 9.17) is 9.47 Å². The zero-order valence-electron chi connectivity index (χ0n) is 20.5. The molecule has 2 N–H and O–H groups in total. The van der Waals surface area contributed by atoms with Gasteiger partial charge in [0.1, 0.15) is 17.4 Å². The maximum absolute atomic E-state index is 13.7. The van der Waals surface area contributed by atoms with Crippen molar-refractivity contribution in [2.24, 2.45) is 11.8 Å². The average Bonchev–Trinajstić information content (AvgIpc) is 3.49. The number of carbonyl (C=O) groups excluding carboxylic acids is 3. The molecule has 5 rings (SSSR count). The molecule has 1 aromatic rings. The van der Waals surface area contributed by atoms with E-state index in [-0.39, 0.29) is 23.8 Å². The molecule has 1 aliphatic carbocycles. The molecular weight excluding hydrogens is 446 g/mol.